The molecule has 9 heteroatoms. The van der Waals surface area contributed by atoms with E-state index in [4.69, 9.17) is 10.5 Å². The first kappa shape index (κ1) is 23.3. The zero-order valence-corrected chi connectivity index (χ0v) is 19.3. The third kappa shape index (κ3) is 4.47. The summed E-state index contributed by atoms with van der Waals surface area (Å²) in [5.41, 5.74) is 7.37. The molecule has 0 spiro atoms. The number of esters is 1. The fraction of sp³-hybridized carbons (Fsp3) is 0.417. The number of fused-ring (bicyclic) bond motifs is 1. The summed E-state index contributed by atoms with van der Waals surface area (Å²) in [7, 11) is 0. The molecule has 0 bridgehead atoms. The van der Waals surface area contributed by atoms with Crippen LogP contribution in [-0.4, -0.2) is 63.3 Å². The number of nitrogens with zero attached hydrogens (tertiary/aromatic N) is 1. The monoisotopic (exact) mass is 469 g/mol. The number of Topliss-reactive ketones (excluding diaryl/α,β-unsaturated/α-hetero) is 1. The number of allylic oxidation sites excluding steroid dienone is 3. The van der Waals surface area contributed by atoms with E-state index in [0.29, 0.717) is 12.0 Å². The van der Waals surface area contributed by atoms with Crippen LogP contribution in [0.3, 0.4) is 0 Å². The topological polar surface area (TPSA) is 119 Å². The number of carbonyl (C=O) groups excluding carboxylic acids is 4. The highest BCUT2D eigenvalue weighted by Crippen LogP contribution is 2.51. The zero-order valence-electron chi connectivity index (χ0n) is 18.5. The molecular weight excluding hydrogens is 442 g/mol. The van der Waals surface area contributed by atoms with E-state index in [1.807, 2.05) is 32.1 Å². The first-order valence-electron chi connectivity index (χ1n) is 10.9. The minimum atomic E-state index is -0.850. The standard InChI is InChI=1S/C24H27N3O5S/c1-24(2)19(23(31)32-13-16(28)14-9-5-3-6-10-14)27-21(30)18(22(27)33-24)26-20(29)17(25)15-11-7-4-8-12-15/h3-7,9-10,12,17-19,22H,8,11,13,25H2,1-2H3,(H,26,29)/t17?,18?,19-,22+/m0/s1. The molecule has 2 amide bonds. The van der Waals surface area contributed by atoms with Gasteiger partial charge in [0.1, 0.15) is 23.5 Å². The van der Waals surface area contributed by atoms with Gasteiger partial charge in [-0.1, -0.05) is 48.6 Å². The molecule has 0 radical (unpaired) electrons. The van der Waals surface area contributed by atoms with Gasteiger partial charge in [0.2, 0.25) is 11.8 Å². The summed E-state index contributed by atoms with van der Waals surface area (Å²) in [5.74, 6) is -1.71. The van der Waals surface area contributed by atoms with Gasteiger partial charge in [0.05, 0.1) is 0 Å². The number of thioether (sulfide) groups is 1. The van der Waals surface area contributed by atoms with Gasteiger partial charge >= 0.3 is 5.97 Å². The Morgan fingerprint density at radius 2 is 1.97 bits per heavy atom. The van der Waals surface area contributed by atoms with Crippen molar-refractivity contribution in [3.8, 4) is 0 Å². The lowest BCUT2D eigenvalue weighted by atomic mass is 9.95. The third-order valence-corrected chi connectivity index (χ3v) is 7.69. The second kappa shape index (κ2) is 9.15. The van der Waals surface area contributed by atoms with Crippen molar-refractivity contribution in [3.05, 3.63) is 59.7 Å². The van der Waals surface area contributed by atoms with E-state index >= 15 is 0 Å². The summed E-state index contributed by atoms with van der Waals surface area (Å²) in [6, 6.07) is 6.14. The molecule has 2 aliphatic heterocycles. The van der Waals surface area contributed by atoms with E-state index in [2.05, 4.69) is 5.32 Å². The summed E-state index contributed by atoms with van der Waals surface area (Å²) in [5, 5.41) is 2.36. The first-order valence-corrected chi connectivity index (χ1v) is 11.7. The second-order valence-corrected chi connectivity index (χ2v) is 10.6. The number of benzene rings is 1. The predicted molar refractivity (Wildman–Crippen MR) is 124 cm³/mol. The summed E-state index contributed by atoms with van der Waals surface area (Å²) < 4.78 is 4.65. The van der Waals surface area contributed by atoms with E-state index in [-0.39, 0.29) is 11.7 Å². The fourth-order valence-electron chi connectivity index (χ4n) is 4.33. The molecule has 3 aliphatic rings. The summed E-state index contributed by atoms with van der Waals surface area (Å²) in [6.45, 7) is 3.29. The van der Waals surface area contributed by atoms with Crippen molar-refractivity contribution in [3.63, 3.8) is 0 Å². The van der Waals surface area contributed by atoms with E-state index in [1.54, 1.807) is 30.3 Å². The van der Waals surface area contributed by atoms with Crippen LogP contribution in [0.4, 0.5) is 0 Å². The molecule has 1 aromatic rings. The Bertz CT molecular complexity index is 1040. The average molecular weight is 470 g/mol. The molecule has 4 atom stereocenters. The smallest absolute Gasteiger partial charge is 0.330 e. The molecule has 2 unspecified atom stereocenters. The van der Waals surface area contributed by atoms with Crippen molar-refractivity contribution < 1.29 is 23.9 Å². The highest BCUT2D eigenvalue weighted by molar-refractivity contribution is 8.01. The van der Waals surface area contributed by atoms with Gasteiger partial charge in [0.15, 0.2) is 12.4 Å². The summed E-state index contributed by atoms with van der Waals surface area (Å²) in [4.78, 5) is 52.2. The molecule has 0 saturated carbocycles. The molecule has 33 heavy (non-hydrogen) atoms. The molecule has 1 aliphatic carbocycles. The van der Waals surface area contributed by atoms with Crippen molar-refractivity contribution in [2.75, 3.05) is 6.61 Å². The number of ether oxygens (including phenoxy) is 1. The Kier molecular flexibility index (Phi) is 6.45. The van der Waals surface area contributed by atoms with Gasteiger partial charge in [0.25, 0.3) is 0 Å². The van der Waals surface area contributed by atoms with Crippen molar-refractivity contribution in [2.45, 2.75) is 54.9 Å². The number of amides is 2. The Balaban J connectivity index is 1.38. The van der Waals surface area contributed by atoms with Gasteiger partial charge in [0, 0.05) is 10.3 Å². The molecule has 174 valence electrons. The third-order valence-electron chi connectivity index (χ3n) is 6.12. The average Bonchev–Trinajstić information content (AvgIpc) is 3.08. The Morgan fingerprint density at radius 3 is 2.64 bits per heavy atom. The van der Waals surface area contributed by atoms with Crippen LogP contribution in [0.2, 0.25) is 0 Å². The Morgan fingerprint density at radius 1 is 1.24 bits per heavy atom. The summed E-state index contributed by atoms with van der Waals surface area (Å²) in [6.07, 6.45) is 7.24. The first-order chi connectivity index (χ1) is 15.7. The quantitative estimate of drug-likeness (QED) is 0.269. The van der Waals surface area contributed by atoms with Crippen LogP contribution in [0.25, 0.3) is 0 Å². The fourth-order valence-corrected chi connectivity index (χ4v) is 5.95. The molecule has 1 aromatic carbocycles. The van der Waals surface area contributed by atoms with E-state index < -0.39 is 46.7 Å². The molecule has 0 aromatic heterocycles. The van der Waals surface area contributed by atoms with Crippen LogP contribution >= 0.6 is 11.8 Å². The second-order valence-electron chi connectivity index (χ2n) is 8.81. The number of carbonyl (C=O) groups is 4. The number of nitrogens with two attached hydrogens (primary N) is 1. The van der Waals surface area contributed by atoms with Gasteiger partial charge in [-0.3, -0.25) is 14.4 Å². The normalized spacial score (nSPS) is 26.0. The van der Waals surface area contributed by atoms with E-state index in [1.165, 1.54) is 16.7 Å². The Labute approximate surface area is 196 Å². The number of ketones is 1. The van der Waals surface area contributed by atoms with Gasteiger partial charge in [-0.05, 0) is 32.3 Å². The maximum atomic E-state index is 12.9. The molecule has 2 saturated heterocycles. The maximum absolute atomic E-state index is 12.9. The van der Waals surface area contributed by atoms with Crippen molar-refractivity contribution in [1.29, 1.82) is 0 Å². The van der Waals surface area contributed by atoms with Crippen LogP contribution < -0.4 is 11.1 Å². The number of β-lactam (4-membered cyclic amide) rings is 1. The Hall–Kier alpha value is -2.91. The SMILES string of the molecule is CC1(C)S[C@@H]2C(NC(=O)C(N)C3=CCC=CC3)C(=O)N2[C@H]1C(=O)OCC(=O)c1ccccc1. The summed E-state index contributed by atoms with van der Waals surface area (Å²) >= 11 is 1.42. The number of rotatable bonds is 7. The van der Waals surface area contributed by atoms with Crippen LogP contribution in [0.15, 0.2) is 54.1 Å². The lowest BCUT2D eigenvalue weighted by Gasteiger charge is -2.44. The molecule has 8 nitrogen and oxygen atoms in total. The highest BCUT2D eigenvalue weighted by Gasteiger charge is 2.64. The van der Waals surface area contributed by atoms with Crippen molar-refractivity contribution >= 4 is 35.3 Å². The van der Waals surface area contributed by atoms with Gasteiger partial charge in [-0.25, -0.2) is 4.79 Å². The molecule has 3 N–H and O–H groups in total. The lowest BCUT2D eigenvalue weighted by Crippen LogP contribution is -2.71. The minimum absolute atomic E-state index is 0.315. The number of nitrogens with one attached hydrogen (secondary N) is 1. The van der Waals surface area contributed by atoms with Crippen LogP contribution in [0.1, 0.15) is 37.0 Å². The van der Waals surface area contributed by atoms with E-state index in [9.17, 15) is 19.2 Å². The zero-order chi connectivity index (χ0) is 23.8. The van der Waals surface area contributed by atoms with Gasteiger partial charge in [-0.2, -0.15) is 0 Å². The van der Waals surface area contributed by atoms with Crippen LogP contribution in [0.5, 0.6) is 0 Å². The van der Waals surface area contributed by atoms with Crippen molar-refractivity contribution in [2.24, 2.45) is 5.73 Å². The van der Waals surface area contributed by atoms with Gasteiger partial charge < -0.3 is 20.7 Å². The lowest BCUT2D eigenvalue weighted by molar-refractivity contribution is -0.163. The minimum Gasteiger partial charge on any atom is -0.456 e. The number of hydrogen-bond donors (Lipinski definition) is 2. The van der Waals surface area contributed by atoms with Crippen LogP contribution in [-0.2, 0) is 19.1 Å². The predicted octanol–water partition coefficient (Wildman–Crippen LogP) is 1.56. The molecule has 2 fully saturated rings. The molecule has 2 heterocycles. The highest BCUT2D eigenvalue weighted by atomic mass is 32.2. The van der Waals surface area contributed by atoms with Crippen LogP contribution in [0, 0.1) is 0 Å². The molecule has 4 rings (SSSR count). The van der Waals surface area contributed by atoms with Gasteiger partial charge in [-0.15, -0.1) is 11.8 Å². The molecular formula is C24H27N3O5S. The maximum Gasteiger partial charge on any atom is 0.330 e. The number of hydrogen-bond acceptors (Lipinski definition) is 7. The largest absolute Gasteiger partial charge is 0.456 e. The van der Waals surface area contributed by atoms with Crippen molar-refractivity contribution in [1.82, 2.24) is 10.2 Å². The van der Waals surface area contributed by atoms with E-state index in [0.717, 1.165) is 12.0 Å².